The van der Waals surface area contributed by atoms with E-state index < -0.39 is 0 Å². The SMILES string of the molecule is C1=CC(c2cc3nnc(-c4ccccc4)n3nc2NCc2ccccn2)=C1. The summed E-state index contributed by atoms with van der Waals surface area (Å²) in [6.07, 6.45) is 7.93. The molecule has 3 heterocycles. The van der Waals surface area contributed by atoms with Crippen molar-refractivity contribution in [1.82, 2.24) is 24.8 Å². The highest BCUT2D eigenvalue weighted by Crippen LogP contribution is 2.29. The van der Waals surface area contributed by atoms with Crippen LogP contribution in [0.25, 0.3) is 22.6 Å². The van der Waals surface area contributed by atoms with E-state index in [2.05, 4.69) is 32.7 Å². The zero-order valence-electron chi connectivity index (χ0n) is 14.4. The average Bonchev–Trinajstić information content (AvgIpc) is 3.09. The fraction of sp³-hybridized carbons (Fsp3) is 0.0476. The number of allylic oxidation sites excluding steroid dienone is 4. The number of fused-ring (bicyclic) bond motifs is 1. The van der Waals surface area contributed by atoms with Crippen molar-refractivity contribution in [3.63, 3.8) is 0 Å². The van der Waals surface area contributed by atoms with Crippen LogP contribution in [-0.4, -0.2) is 24.8 Å². The van der Waals surface area contributed by atoms with Crippen molar-refractivity contribution in [2.75, 3.05) is 5.32 Å². The van der Waals surface area contributed by atoms with Gasteiger partial charge in [0.2, 0.25) is 0 Å². The summed E-state index contributed by atoms with van der Waals surface area (Å²) in [7, 11) is 0. The Morgan fingerprint density at radius 3 is 2.56 bits per heavy atom. The quantitative estimate of drug-likeness (QED) is 0.592. The summed E-state index contributed by atoms with van der Waals surface area (Å²) in [5.41, 5.74) is 4.78. The van der Waals surface area contributed by atoms with Crippen LogP contribution in [0, 0.1) is 0 Å². The molecule has 0 fully saturated rings. The Hall–Kier alpha value is -3.80. The summed E-state index contributed by atoms with van der Waals surface area (Å²) in [5, 5.41) is 16.9. The lowest BCUT2D eigenvalue weighted by Crippen LogP contribution is -2.09. The van der Waals surface area contributed by atoms with Gasteiger partial charge in [0.1, 0.15) is 0 Å². The highest BCUT2D eigenvalue weighted by molar-refractivity contribution is 5.87. The number of nitrogens with one attached hydrogen (secondary N) is 1. The van der Waals surface area contributed by atoms with Gasteiger partial charge in [0, 0.05) is 17.3 Å². The predicted molar refractivity (Wildman–Crippen MR) is 105 cm³/mol. The fourth-order valence-electron chi connectivity index (χ4n) is 3.00. The van der Waals surface area contributed by atoms with E-state index >= 15 is 0 Å². The minimum absolute atomic E-state index is 0.589. The molecule has 0 saturated heterocycles. The minimum Gasteiger partial charge on any atom is -0.362 e. The number of hydrogen-bond acceptors (Lipinski definition) is 5. The summed E-state index contributed by atoms with van der Waals surface area (Å²) >= 11 is 0. The Bertz CT molecular complexity index is 1160. The maximum absolute atomic E-state index is 4.81. The predicted octanol–water partition coefficient (Wildman–Crippen LogP) is 3.75. The van der Waals surface area contributed by atoms with Crippen LogP contribution in [-0.2, 0) is 6.54 Å². The van der Waals surface area contributed by atoms with Crippen molar-refractivity contribution in [2.24, 2.45) is 0 Å². The van der Waals surface area contributed by atoms with Gasteiger partial charge in [-0.2, -0.15) is 4.52 Å². The number of nitrogens with zero attached hydrogens (tertiary/aromatic N) is 5. The molecule has 4 aromatic rings. The lowest BCUT2D eigenvalue weighted by Gasteiger charge is -2.14. The van der Waals surface area contributed by atoms with Crippen molar-refractivity contribution in [3.8, 4) is 11.4 Å². The van der Waals surface area contributed by atoms with Crippen LogP contribution < -0.4 is 5.32 Å². The smallest absolute Gasteiger partial charge is 0.185 e. The van der Waals surface area contributed by atoms with Gasteiger partial charge >= 0.3 is 0 Å². The van der Waals surface area contributed by atoms with Gasteiger partial charge in [-0.05, 0) is 23.8 Å². The molecule has 0 amide bonds. The van der Waals surface area contributed by atoms with Crippen molar-refractivity contribution in [1.29, 1.82) is 0 Å². The van der Waals surface area contributed by atoms with E-state index in [4.69, 9.17) is 5.10 Å². The van der Waals surface area contributed by atoms with Crippen molar-refractivity contribution >= 4 is 17.0 Å². The van der Waals surface area contributed by atoms with Crippen LogP contribution in [0.4, 0.5) is 5.82 Å². The number of pyridine rings is 1. The first-order valence-corrected chi connectivity index (χ1v) is 8.73. The van der Waals surface area contributed by atoms with Crippen molar-refractivity contribution in [2.45, 2.75) is 6.54 Å². The first kappa shape index (κ1) is 15.5. The van der Waals surface area contributed by atoms with Gasteiger partial charge in [-0.1, -0.05) is 54.6 Å². The molecule has 0 unspecified atom stereocenters. The second kappa shape index (κ2) is 6.49. The zero-order chi connectivity index (χ0) is 18.1. The van der Waals surface area contributed by atoms with Crippen molar-refractivity contribution < 1.29 is 0 Å². The number of benzene rings is 1. The molecular formula is C21H16N6. The third kappa shape index (κ3) is 2.87. The van der Waals surface area contributed by atoms with Gasteiger partial charge in [-0.3, -0.25) is 4.98 Å². The van der Waals surface area contributed by atoms with Gasteiger partial charge < -0.3 is 5.32 Å². The first-order valence-electron chi connectivity index (χ1n) is 8.73. The lowest BCUT2D eigenvalue weighted by molar-refractivity contribution is 0.915. The van der Waals surface area contributed by atoms with Gasteiger partial charge in [0.05, 0.1) is 12.2 Å². The number of rotatable bonds is 5. The largest absolute Gasteiger partial charge is 0.362 e. The summed E-state index contributed by atoms with van der Waals surface area (Å²) in [6, 6.07) is 17.8. The molecule has 3 aromatic heterocycles. The molecule has 1 N–H and O–H groups in total. The maximum atomic E-state index is 4.81. The van der Waals surface area contributed by atoms with E-state index in [1.165, 1.54) is 0 Å². The second-order valence-corrected chi connectivity index (χ2v) is 6.22. The first-order chi connectivity index (χ1) is 13.4. The van der Waals surface area contributed by atoms with Gasteiger partial charge in [0.25, 0.3) is 0 Å². The van der Waals surface area contributed by atoms with Gasteiger partial charge in [-0.25, -0.2) is 0 Å². The minimum atomic E-state index is 0.589. The molecule has 6 heteroatoms. The van der Waals surface area contributed by atoms with Crippen LogP contribution in [0.1, 0.15) is 11.3 Å². The van der Waals surface area contributed by atoms with Crippen LogP contribution in [0.15, 0.2) is 79.0 Å². The Balaban J connectivity index is 1.58. The molecule has 6 nitrogen and oxygen atoms in total. The maximum Gasteiger partial charge on any atom is 0.185 e. The second-order valence-electron chi connectivity index (χ2n) is 6.22. The highest BCUT2D eigenvalue weighted by Gasteiger charge is 2.16. The van der Waals surface area contributed by atoms with Crippen LogP contribution >= 0.6 is 0 Å². The Morgan fingerprint density at radius 1 is 0.963 bits per heavy atom. The molecular weight excluding hydrogens is 336 g/mol. The van der Waals surface area contributed by atoms with E-state index in [0.29, 0.717) is 12.2 Å². The number of anilines is 1. The fourth-order valence-corrected chi connectivity index (χ4v) is 3.00. The third-order valence-corrected chi connectivity index (χ3v) is 4.45. The molecule has 1 aliphatic carbocycles. The zero-order valence-corrected chi connectivity index (χ0v) is 14.4. The topological polar surface area (TPSA) is 68.0 Å². The normalized spacial score (nSPS) is 12.7. The van der Waals surface area contributed by atoms with E-state index in [1.54, 1.807) is 10.7 Å². The molecule has 0 saturated carbocycles. The average molecular weight is 352 g/mol. The summed E-state index contributed by atoms with van der Waals surface area (Å²) in [6.45, 7) is 0.589. The van der Waals surface area contributed by atoms with Crippen LogP contribution in [0.3, 0.4) is 0 Å². The standard InChI is InChI=1S/C21H16N6/c1-2-7-16(8-3-1)21-25-24-19-13-18(15-9-6-10-15)20(26-27(19)21)23-14-17-11-4-5-12-22-17/h1-13H,14H2,(H,23,26). The molecule has 5 rings (SSSR count). The Kier molecular flexibility index (Phi) is 3.72. The van der Waals surface area contributed by atoms with E-state index in [0.717, 1.165) is 34.0 Å². The Morgan fingerprint density at radius 2 is 1.81 bits per heavy atom. The molecule has 27 heavy (non-hydrogen) atoms. The van der Waals surface area contributed by atoms with Gasteiger partial charge in [-0.15, -0.1) is 15.3 Å². The van der Waals surface area contributed by atoms with E-state index in [9.17, 15) is 0 Å². The van der Waals surface area contributed by atoms with Gasteiger partial charge in [0.15, 0.2) is 17.3 Å². The molecule has 0 aliphatic heterocycles. The monoisotopic (exact) mass is 352 g/mol. The molecule has 1 aliphatic rings. The van der Waals surface area contributed by atoms with Crippen LogP contribution in [0.5, 0.6) is 0 Å². The number of aromatic nitrogens is 5. The molecule has 0 radical (unpaired) electrons. The molecule has 1 aromatic carbocycles. The molecule has 0 bridgehead atoms. The highest BCUT2D eigenvalue weighted by atomic mass is 15.4. The molecule has 0 spiro atoms. The molecule has 130 valence electrons. The molecule has 0 atom stereocenters. The lowest BCUT2D eigenvalue weighted by atomic mass is 10.0. The summed E-state index contributed by atoms with van der Waals surface area (Å²) in [4.78, 5) is 4.37. The van der Waals surface area contributed by atoms with Crippen molar-refractivity contribution in [3.05, 3.63) is 90.3 Å². The number of hydrogen-bond donors (Lipinski definition) is 1. The third-order valence-electron chi connectivity index (χ3n) is 4.45. The van der Waals surface area contributed by atoms with E-state index in [1.807, 2.05) is 60.7 Å². The Labute approximate surface area is 155 Å². The summed E-state index contributed by atoms with van der Waals surface area (Å²) < 4.78 is 1.78. The van der Waals surface area contributed by atoms with E-state index in [-0.39, 0.29) is 0 Å². The van der Waals surface area contributed by atoms with Crippen LogP contribution in [0.2, 0.25) is 0 Å². The summed E-state index contributed by atoms with van der Waals surface area (Å²) in [5.74, 6) is 1.50.